The van der Waals surface area contributed by atoms with Crippen molar-refractivity contribution in [2.24, 2.45) is 5.92 Å². The molecule has 4 aliphatic rings. The number of esters is 1. The average Bonchev–Trinajstić information content (AvgIpc) is 3.56. The highest BCUT2D eigenvalue weighted by atomic mass is 16.7. The van der Waals surface area contributed by atoms with Gasteiger partial charge in [0, 0.05) is 12.5 Å². The molecule has 0 bridgehead atoms. The minimum atomic E-state index is -1.97. The van der Waals surface area contributed by atoms with Gasteiger partial charge in [-0.3, -0.25) is 14.5 Å². The van der Waals surface area contributed by atoms with Gasteiger partial charge in [-0.1, -0.05) is 0 Å². The molecule has 9 nitrogen and oxygen atoms in total. The van der Waals surface area contributed by atoms with Crippen LogP contribution in [0, 0.1) is 5.92 Å². The monoisotopic (exact) mass is 529 g/mol. The molecule has 38 heavy (non-hydrogen) atoms. The number of ether oxygens (including phenoxy) is 4. The molecule has 3 aliphatic heterocycles. The molecule has 1 saturated heterocycles. The molecule has 0 aromatic heterocycles. The normalized spacial score (nSPS) is 27.5. The van der Waals surface area contributed by atoms with Crippen molar-refractivity contribution in [3.8, 4) is 11.5 Å². The van der Waals surface area contributed by atoms with E-state index in [4.69, 9.17) is 18.9 Å². The number of carbonyl (C=O) groups excluding carboxylic acids is 2. The Hall–Kier alpha value is -2.62. The molecule has 1 aromatic carbocycles. The van der Waals surface area contributed by atoms with E-state index in [-0.39, 0.29) is 19.1 Å². The molecule has 0 saturated carbocycles. The number of rotatable bonds is 9. The van der Waals surface area contributed by atoms with Crippen molar-refractivity contribution in [3.63, 3.8) is 0 Å². The van der Waals surface area contributed by atoms with Gasteiger partial charge in [0.2, 0.25) is 6.79 Å². The van der Waals surface area contributed by atoms with E-state index in [2.05, 4.69) is 11.0 Å². The Morgan fingerprint density at radius 2 is 1.87 bits per heavy atom. The maximum absolute atomic E-state index is 14.5. The minimum absolute atomic E-state index is 0.0237. The summed E-state index contributed by atoms with van der Waals surface area (Å²) in [6, 6.07) is 4.01. The highest BCUT2D eigenvalue weighted by Crippen LogP contribution is 2.58. The molecule has 1 spiro atoms. The quantitative estimate of drug-likeness (QED) is 0.466. The fraction of sp³-hybridized carbons (Fsp3) is 0.655. The second-order valence-electron chi connectivity index (χ2n) is 11.8. The lowest BCUT2D eigenvalue weighted by atomic mass is 9.69. The van der Waals surface area contributed by atoms with Crippen LogP contribution in [0.2, 0.25) is 0 Å². The number of benzene rings is 1. The van der Waals surface area contributed by atoms with Gasteiger partial charge in [-0.05, 0) is 88.3 Å². The van der Waals surface area contributed by atoms with Gasteiger partial charge in [0.1, 0.15) is 11.4 Å². The van der Waals surface area contributed by atoms with E-state index in [1.54, 1.807) is 21.0 Å². The van der Waals surface area contributed by atoms with Gasteiger partial charge in [0.25, 0.3) is 0 Å². The highest BCUT2D eigenvalue weighted by Gasteiger charge is 2.60. The van der Waals surface area contributed by atoms with Crippen LogP contribution in [0.5, 0.6) is 11.5 Å². The molecular formula is C29H39NO8. The molecule has 2 N–H and O–H groups in total. The Kier molecular flexibility index (Phi) is 6.99. The van der Waals surface area contributed by atoms with E-state index in [1.165, 1.54) is 7.11 Å². The fourth-order valence-electron chi connectivity index (χ4n) is 7.02. The molecular weight excluding hydrogens is 490 g/mol. The smallest absolute Gasteiger partial charge is 0.308 e. The second kappa shape index (κ2) is 9.84. The Balaban J connectivity index is 1.59. The topological polar surface area (TPSA) is 115 Å². The molecule has 0 unspecified atom stereocenters. The first-order valence-corrected chi connectivity index (χ1v) is 13.5. The van der Waals surface area contributed by atoms with Crippen LogP contribution in [-0.2, 0) is 25.5 Å². The Morgan fingerprint density at radius 1 is 1.13 bits per heavy atom. The van der Waals surface area contributed by atoms with Gasteiger partial charge in [0.15, 0.2) is 17.3 Å². The number of fused-ring (bicyclic) bond motifs is 3. The summed E-state index contributed by atoms with van der Waals surface area (Å²) in [6.07, 6.45) is 5.03. The third-order valence-corrected chi connectivity index (χ3v) is 8.81. The van der Waals surface area contributed by atoms with E-state index in [0.29, 0.717) is 30.1 Å². The lowest BCUT2D eigenvalue weighted by molar-refractivity contribution is -0.157. The third-order valence-electron chi connectivity index (χ3n) is 8.81. The van der Waals surface area contributed by atoms with Crippen LogP contribution in [-0.4, -0.2) is 77.7 Å². The summed E-state index contributed by atoms with van der Waals surface area (Å²) in [5, 5.41) is 22.1. The van der Waals surface area contributed by atoms with Crippen molar-refractivity contribution in [1.82, 2.24) is 4.90 Å². The van der Waals surface area contributed by atoms with Gasteiger partial charge < -0.3 is 29.2 Å². The molecule has 0 amide bonds. The van der Waals surface area contributed by atoms with Crippen molar-refractivity contribution in [3.05, 3.63) is 35.1 Å². The van der Waals surface area contributed by atoms with Gasteiger partial charge in [-0.2, -0.15) is 0 Å². The van der Waals surface area contributed by atoms with Gasteiger partial charge in [-0.25, -0.2) is 0 Å². The first-order valence-electron chi connectivity index (χ1n) is 13.5. The summed E-state index contributed by atoms with van der Waals surface area (Å²) < 4.78 is 22.1. The zero-order chi connectivity index (χ0) is 27.3. The first-order chi connectivity index (χ1) is 18.0. The van der Waals surface area contributed by atoms with Crippen LogP contribution >= 0.6 is 0 Å². The molecule has 9 heteroatoms. The van der Waals surface area contributed by atoms with E-state index < -0.39 is 40.8 Å². The molecule has 1 aliphatic carbocycles. The molecule has 4 atom stereocenters. The second-order valence-corrected chi connectivity index (χ2v) is 11.8. The minimum Gasteiger partial charge on any atom is -0.501 e. The first kappa shape index (κ1) is 27.0. The molecule has 0 radical (unpaired) electrons. The summed E-state index contributed by atoms with van der Waals surface area (Å²) in [5.74, 6) is -0.361. The summed E-state index contributed by atoms with van der Waals surface area (Å²) in [6.45, 7) is 5.26. The van der Waals surface area contributed by atoms with E-state index >= 15 is 0 Å². The van der Waals surface area contributed by atoms with Gasteiger partial charge in [0.05, 0.1) is 37.7 Å². The standard InChI is InChI=1S/C29H39NO8/c1-27(2,33)8-5-10-29(34,16-23(31)36-4)26(32)24-22(35-3)15-28-9-6-11-30(28)12-7-18-13-20-21(38-17-37-20)14-19(18)25(24)28/h13-15,24-25,33-34H,5-12,16-17H2,1-4H3/t24-,25-,28+,29-/m1/s1. The van der Waals surface area contributed by atoms with Crippen molar-refractivity contribution in [1.29, 1.82) is 0 Å². The number of methoxy groups -OCH3 is 2. The molecule has 3 heterocycles. The summed E-state index contributed by atoms with van der Waals surface area (Å²) in [7, 11) is 2.80. The predicted octanol–water partition coefficient (Wildman–Crippen LogP) is 2.85. The summed E-state index contributed by atoms with van der Waals surface area (Å²) in [5.41, 5.74) is -1.29. The maximum Gasteiger partial charge on any atom is 0.308 e. The Labute approximate surface area is 223 Å². The number of hydrogen-bond donors (Lipinski definition) is 2. The molecule has 5 rings (SSSR count). The van der Waals surface area contributed by atoms with Crippen molar-refractivity contribution < 1.29 is 38.7 Å². The predicted molar refractivity (Wildman–Crippen MR) is 138 cm³/mol. The molecule has 208 valence electrons. The van der Waals surface area contributed by atoms with Gasteiger partial charge in [-0.15, -0.1) is 0 Å². The van der Waals surface area contributed by atoms with Crippen LogP contribution in [0.1, 0.15) is 69.4 Å². The van der Waals surface area contributed by atoms with Crippen LogP contribution in [0.3, 0.4) is 0 Å². The number of allylic oxidation sites excluding steroid dienone is 1. The van der Waals surface area contributed by atoms with E-state index in [1.807, 2.05) is 12.1 Å². The lowest BCUT2D eigenvalue weighted by Crippen LogP contribution is -2.51. The third kappa shape index (κ3) is 4.58. The largest absolute Gasteiger partial charge is 0.501 e. The molecule has 1 aromatic rings. The highest BCUT2D eigenvalue weighted by molar-refractivity contribution is 5.96. The van der Waals surface area contributed by atoms with E-state index in [0.717, 1.165) is 43.5 Å². The Morgan fingerprint density at radius 3 is 2.55 bits per heavy atom. The number of carbonyl (C=O) groups is 2. The zero-order valence-corrected chi connectivity index (χ0v) is 22.7. The van der Waals surface area contributed by atoms with Crippen LogP contribution < -0.4 is 9.47 Å². The van der Waals surface area contributed by atoms with Crippen molar-refractivity contribution in [2.75, 3.05) is 34.1 Å². The van der Waals surface area contributed by atoms with Crippen LogP contribution in [0.25, 0.3) is 0 Å². The van der Waals surface area contributed by atoms with Crippen molar-refractivity contribution in [2.45, 2.75) is 81.5 Å². The number of hydrogen-bond acceptors (Lipinski definition) is 9. The number of aliphatic hydroxyl groups is 2. The Bertz CT molecular complexity index is 1140. The lowest BCUT2D eigenvalue weighted by Gasteiger charge is -2.41. The number of ketones is 1. The SMILES string of the molecule is COC(=O)C[C@](O)(CCCC(C)(C)O)C(=O)[C@@H]1C(OC)=C[C@]23CCCN2CCc2cc4c(cc2[C@H]13)OCO4. The average molecular weight is 530 g/mol. The van der Waals surface area contributed by atoms with E-state index in [9.17, 15) is 19.8 Å². The summed E-state index contributed by atoms with van der Waals surface area (Å²) in [4.78, 5) is 29.4. The van der Waals surface area contributed by atoms with Crippen LogP contribution in [0.15, 0.2) is 24.0 Å². The fourth-order valence-corrected chi connectivity index (χ4v) is 7.02. The maximum atomic E-state index is 14.5. The molecule has 1 fully saturated rings. The summed E-state index contributed by atoms with van der Waals surface area (Å²) >= 11 is 0. The van der Waals surface area contributed by atoms with Gasteiger partial charge >= 0.3 is 5.97 Å². The van der Waals surface area contributed by atoms with Crippen LogP contribution in [0.4, 0.5) is 0 Å². The zero-order valence-electron chi connectivity index (χ0n) is 22.7. The number of nitrogens with zero attached hydrogens (tertiary/aromatic N) is 1. The van der Waals surface area contributed by atoms with Crippen molar-refractivity contribution >= 4 is 11.8 Å². The number of Topliss-reactive ketones (excluding diaryl/α,β-unsaturated/α-hetero) is 1.